The van der Waals surface area contributed by atoms with Gasteiger partial charge in [-0.2, -0.15) is 0 Å². The van der Waals surface area contributed by atoms with Crippen LogP contribution in [0.3, 0.4) is 0 Å². The summed E-state index contributed by atoms with van der Waals surface area (Å²) in [4.78, 5) is 25.8. The van der Waals surface area contributed by atoms with E-state index >= 15 is 0 Å². The Bertz CT molecular complexity index is 654. The third-order valence-corrected chi connectivity index (χ3v) is 4.32. The highest BCUT2D eigenvalue weighted by Gasteiger charge is 2.17. The second kappa shape index (κ2) is 5.37. The molecule has 0 aliphatic heterocycles. The largest absolute Gasteiger partial charge is 0.478 e. The molecule has 0 aliphatic carbocycles. The maximum Gasteiger partial charge on any atom is 0.336 e. The lowest BCUT2D eigenvalue weighted by Gasteiger charge is -2.03. The van der Waals surface area contributed by atoms with Crippen LogP contribution < -0.4 is 0 Å². The molecule has 0 saturated heterocycles. The minimum Gasteiger partial charge on any atom is -0.478 e. The predicted molar refractivity (Wildman–Crippen MR) is 71.0 cm³/mol. The molecule has 1 N–H and O–H groups in total. The van der Waals surface area contributed by atoms with Crippen molar-refractivity contribution in [3.05, 3.63) is 45.0 Å². The Kier molecular flexibility index (Phi) is 3.82. The molecule has 19 heavy (non-hydrogen) atoms. The van der Waals surface area contributed by atoms with Gasteiger partial charge in [0.15, 0.2) is 4.34 Å². The van der Waals surface area contributed by atoms with Crippen molar-refractivity contribution in [2.75, 3.05) is 0 Å². The molecular weight excluding hydrogens is 288 g/mol. The number of hydrogen-bond acceptors (Lipinski definition) is 6. The van der Waals surface area contributed by atoms with Crippen molar-refractivity contribution < 1.29 is 14.8 Å². The van der Waals surface area contributed by atoms with Crippen LogP contribution >= 0.6 is 23.1 Å². The number of rotatable bonds is 4. The van der Waals surface area contributed by atoms with E-state index in [0.717, 1.165) is 17.5 Å². The Balaban J connectivity index is 2.42. The van der Waals surface area contributed by atoms with Crippen molar-refractivity contribution in [3.63, 3.8) is 0 Å². The standard InChI is InChI=1S/C11H8N2O4S2/c1-6-5-18-11(12-6)19-9-4-7(13(16)17)2-3-8(9)10(14)15/h2-5H,1H3,(H,14,15). The normalized spacial score (nSPS) is 10.4. The van der Waals surface area contributed by atoms with Gasteiger partial charge < -0.3 is 5.11 Å². The van der Waals surface area contributed by atoms with Crippen LogP contribution in [0.2, 0.25) is 0 Å². The van der Waals surface area contributed by atoms with E-state index in [2.05, 4.69) is 4.98 Å². The third-order valence-electron chi connectivity index (χ3n) is 2.20. The smallest absolute Gasteiger partial charge is 0.336 e. The fourth-order valence-corrected chi connectivity index (χ4v) is 3.31. The Hall–Kier alpha value is -1.93. The molecule has 0 spiro atoms. The lowest BCUT2D eigenvalue weighted by atomic mass is 10.2. The number of hydrogen-bond donors (Lipinski definition) is 1. The van der Waals surface area contributed by atoms with Gasteiger partial charge >= 0.3 is 5.97 Å². The Morgan fingerprint density at radius 3 is 2.79 bits per heavy atom. The molecule has 0 aliphatic rings. The maximum atomic E-state index is 11.1. The Morgan fingerprint density at radius 2 is 2.26 bits per heavy atom. The molecule has 0 unspecified atom stereocenters. The van der Waals surface area contributed by atoms with Crippen LogP contribution in [0.4, 0.5) is 5.69 Å². The highest BCUT2D eigenvalue weighted by molar-refractivity contribution is 8.01. The number of carboxylic acids is 1. The first-order valence-corrected chi connectivity index (χ1v) is 6.78. The molecule has 0 atom stereocenters. The molecule has 0 radical (unpaired) electrons. The molecule has 98 valence electrons. The third kappa shape index (κ3) is 3.09. The van der Waals surface area contributed by atoms with Crippen molar-refractivity contribution >= 4 is 34.8 Å². The van der Waals surface area contributed by atoms with Gasteiger partial charge in [0.1, 0.15) is 0 Å². The van der Waals surface area contributed by atoms with Gasteiger partial charge in [-0.3, -0.25) is 10.1 Å². The number of aryl methyl sites for hydroxylation is 1. The first kappa shape index (κ1) is 13.5. The van der Waals surface area contributed by atoms with Crippen LogP contribution in [0.1, 0.15) is 16.1 Å². The van der Waals surface area contributed by atoms with Gasteiger partial charge in [0, 0.05) is 28.1 Å². The van der Waals surface area contributed by atoms with Gasteiger partial charge in [-0.15, -0.1) is 11.3 Å². The van der Waals surface area contributed by atoms with E-state index < -0.39 is 10.9 Å². The lowest BCUT2D eigenvalue weighted by molar-refractivity contribution is -0.385. The molecule has 6 nitrogen and oxygen atoms in total. The maximum absolute atomic E-state index is 11.1. The average Bonchev–Trinajstić information content (AvgIpc) is 2.74. The van der Waals surface area contributed by atoms with Crippen LogP contribution in [0.5, 0.6) is 0 Å². The van der Waals surface area contributed by atoms with Crippen LogP contribution in [0.25, 0.3) is 0 Å². The number of thiazole rings is 1. The van der Waals surface area contributed by atoms with E-state index in [-0.39, 0.29) is 11.3 Å². The van der Waals surface area contributed by atoms with E-state index in [1.54, 1.807) is 0 Å². The summed E-state index contributed by atoms with van der Waals surface area (Å²) in [5.41, 5.74) is 0.721. The summed E-state index contributed by atoms with van der Waals surface area (Å²) in [7, 11) is 0. The monoisotopic (exact) mass is 296 g/mol. The molecule has 2 aromatic rings. The molecular formula is C11H8N2O4S2. The van der Waals surface area contributed by atoms with E-state index in [9.17, 15) is 14.9 Å². The van der Waals surface area contributed by atoms with E-state index in [4.69, 9.17) is 5.11 Å². The van der Waals surface area contributed by atoms with E-state index in [1.807, 2.05) is 12.3 Å². The Labute approximate surface area is 116 Å². The summed E-state index contributed by atoms with van der Waals surface area (Å²) in [6.07, 6.45) is 0. The summed E-state index contributed by atoms with van der Waals surface area (Å²) >= 11 is 2.49. The molecule has 0 saturated carbocycles. The quantitative estimate of drug-likeness (QED) is 0.687. The zero-order chi connectivity index (χ0) is 14.0. The van der Waals surface area contributed by atoms with E-state index in [1.165, 1.54) is 29.5 Å². The van der Waals surface area contributed by atoms with Crippen molar-refractivity contribution in [3.8, 4) is 0 Å². The number of benzene rings is 1. The summed E-state index contributed by atoms with van der Waals surface area (Å²) in [6.45, 7) is 1.83. The van der Waals surface area contributed by atoms with Crippen molar-refractivity contribution in [1.29, 1.82) is 0 Å². The number of nitrogens with zero attached hydrogens (tertiary/aromatic N) is 2. The molecule has 1 aromatic heterocycles. The van der Waals surface area contributed by atoms with E-state index in [0.29, 0.717) is 9.24 Å². The van der Waals surface area contributed by atoms with Crippen LogP contribution in [0.15, 0.2) is 32.8 Å². The number of non-ortho nitro benzene ring substituents is 1. The summed E-state index contributed by atoms with van der Waals surface area (Å²) < 4.78 is 0.653. The summed E-state index contributed by atoms with van der Waals surface area (Å²) in [6, 6.07) is 3.68. The minimum atomic E-state index is -1.12. The number of nitro groups is 1. The van der Waals surface area contributed by atoms with Crippen LogP contribution in [-0.2, 0) is 0 Å². The molecule has 0 amide bonds. The van der Waals surface area contributed by atoms with Crippen molar-refractivity contribution in [1.82, 2.24) is 4.98 Å². The van der Waals surface area contributed by atoms with Gasteiger partial charge in [-0.1, -0.05) is 11.8 Å². The second-order valence-corrected chi connectivity index (χ2v) is 5.75. The van der Waals surface area contributed by atoms with Crippen LogP contribution in [0, 0.1) is 17.0 Å². The van der Waals surface area contributed by atoms with Gasteiger partial charge in [-0.05, 0) is 13.0 Å². The molecule has 0 bridgehead atoms. The fraction of sp³-hybridized carbons (Fsp3) is 0.0909. The number of carboxylic acid groups (broad SMARTS) is 1. The van der Waals surface area contributed by atoms with Gasteiger partial charge in [-0.25, -0.2) is 9.78 Å². The lowest BCUT2D eigenvalue weighted by Crippen LogP contribution is -2.00. The number of carbonyl (C=O) groups is 1. The zero-order valence-corrected chi connectivity index (χ0v) is 11.3. The highest BCUT2D eigenvalue weighted by Crippen LogP contribution is 2.34. The summed E-state index contributed by atoms with van der Waals surface area (Å²) in [5, 5.41) is 21.6. The Morgan fingerprint density at radius 1 is 1.53 bits per heavy atom. The molecule has 1 heterocycles. The zero-order valence-electron chi connectivity index (χ0n) is 9.69. The van der Waals surface area contributed by atoms with Crippen molar-refractivity contribution in [2.24, 2.45) is 0 Å². The summed E-state index contributed by atoms with van der Waals surface area (Å²) in [5.74, 6) is -1.12. The number of aromatic carboxylic acids is 1. The number of nitro benzene ring substituents is 1. The molecule has 0 fully saturated rings. The molecule has 8 heteroatoms. The first-order chi connectivity index (χ1) is 8.97. The van der Waals surface area contributed by atoms with Gasteiger partial charge in [0.25, 0.3) is 5.69 Å². The predicted octanol–water partition coefficient (Wildman–Crippen LogP) is 3.21. The minimum absolute atomic E-state index is 0.0310. The van der Waals surface area contributed by atoms with Gasteiger partial charge in [0.05, 0.1) is 10.5 Å². The molecule has 1 aromatic carbocycles. The topological polar surface area (TPSA) is 93.3 Å². The SMILES string of the molecule is Cc1csc(Sc2cc([N+](=O)[O-])ccc2C(=O)O)n1. The average molecular weight is 296 g/mol. The van der Waals surface area contributed by atoms with Crippen molar-refractivity contribution in [2.45, 2.75) is 16.2 Å². The first-order valence-electron chi connectivity index (χ1n) is 5.09. The van der Waals surface area contributed by atoms with Gasteiger partial charge in [0.2, 0.25) is 0 Å². The number of aromatic nitrogens is 1. The van der Waals surface area contributed by atoms with Crippen LogP contribution in [-0.4, -0.2) is 21.0 Å². The molecule has 2 rings (SSSR count). The highest BCUT2D eigenvalue weighted by atomic mass is 32.2. The second-order valence-electron chi connectivity index (χ2n) is 3.60. The fourth-order valence-electron chi connectivity index (χ4n) is 1.36.